The predicted octanol–water partition coefficient (Wildman–Crippen LogP) is 2.10. The van der Waals surface area contributed by atoms with Crippen molar-refractivity contribution in [2.75, 3.05) is 5.75 Å². The van der Waals surface area contributed by atoms with Crippen LogP contribution in [0.25, 0.3) is 0 Å². The van der Waals surface area contributed by atoms with Crippen LogP contribution in [-0.4, -0.2) is 11.5 Å². The molecule has 2 heteroatoms. The number of carbonyl (C=O) groups excluding carboxylic acids is 1. The van der Waals surface area contributed by atoms with E-state index in [1.165, 1.54) is 0 Å². The molecule has 0 unspecified atom stereocenters. The van der Waals surface area contributed by atoms with Crippen LogP contribution < -0.4 is 0 Å². The molecule has 1 nitrogen and oxygen atoms in total. The van der Waals surface area contributed by atoms with E-state index in [0.717, 1.165) is 23.1 Å². The smallest absolute Gasteiger partial charge is 0.163 e. The molecule has 0 saturated heterocycles. The minimum absolute atomic E-state index is 0.245. The maximum absolute atomic E-state index is 11.4. The van der Waals surface area contributed by atoms with Gasteiger partial charge in [-0.05, 0) is 18.1 Å². The summed E-state index contributed by atoms with van der Waals surface area (Å²) < 4.78 is 0. The maximum Gasteiger partial charge on any atom is 0.163 e. The minimum Gasteiger partial charge on any atom is -0.294 e. The van der Waals surface area contributed by atoms with Crippen LogP contribution in [0.5, 0.6) is 0 Å². The van der Waals surface area contributed by atoms with Gasteiger partial charge in [0.05, 0.1) is 5.75 Å². The van der Waals surface area contributed by atoms with Gasteiger partial charge in [-0.1, -0.05) is 24.0 Å². The number of fused-ring (bicyclic) bond motifs is 1. The average Bonchev–Trinajstić information content (AvgIpc) is 2.58. The summed E-state index contributed by atoms with van der Waals surface area (Å²) in [6, 6.07) is 5.75. The summed E-state index contributed by atoms with van der Waals surface area (Å²) in [4.78, 5) is 11.4. The Kier molecular flexibility index (Phi) is 2.60. The van der Waals surface area contributed by atoms with Gasteiger partial charge in [-0.25, -0.2) is 0 Å². The molecule has 70 valence electrons. The summed E-state index contributed by atoms with van der Waals surface area (Å²) in [5.74, 6) is 6.75. The predicted molar refractivity (Wildman–Crippen MR) is 59.8 cm³/mol. The summed E-state index contributed by atoms with van der Waals surface area (Å²) in [6.45, 7) is 0. The molecule has 0 N–H and O–H groups in total. The molecular formula is C12H10OS. The Hall–Kier alpha value is -1.20. The third-order valence-electron chi connectivity index (χ3n) is 2.38. The summed E-state index contributed by atoms with van der Waals surface area (Å²) >= 11 is 4.03. The van der Waals surface area contributed by atoms with Gasteiger partial charge in [-0.15, -0.1) is 0 Å². The lowest BCUT2D eigenvalue weighted by Crippen LogP contribution is -1.92. The summed E-state index contributed by atoms with van der Waals surface area (Å²) in [7, 11) is 0. The van der Waals surface area contributed by atoms with Crippen LogP contribution in [0, 0.1) is 11.8 Å². The van der Waals surface area contributed by atoms with Gasteiger partial charge in [0, 0.05) is 17.5 Å². The van der Waals surface area contributed by atoms with Crippen LogP contribution in [0.15, 0.2) is 18.2 Å². The maximum atomic E-state index is 11.4. The average molecular weight is 202 g/mol. The lowest BCUT2D eigenvalue weighted by molar-refractivity contribution is 0.0994. The Labute approximate surface area is 88.9 Å². The molecule has 0 fully saturated rings. The molecule has 14 heavy (non-hydrogen) atoms. The number of Topliss-reactive ketones (excluding diaryl/α,β-unsaturated/α-hetero) is 1. The highest BCUT2D eigenvalue weighted by Gasteiger charge is 2.20. The van der Waals surface area contributed by atoms with Crippen molar-refractivity contribution >= 4 is 18.4 Å². The summed E-state index contributed by atoms with van der Waals surface area (Å²) in [5, 5.41) is 0. The van der Waals surface area contributed by atoms with Crippen LogP contribution in [0.3, 0.4) is 0 Å². The Morgan fingerprint density at radius 3 is 3.00 bits per heavy atom. The first kappa shape index (κ1) is 9.36. The standard InChI is InChI=1S/C12H10OS/c13-12-7-6-10-9(4-2-8-14)3-1-5-11(10)12/h1,3,5,14H,6-8H2. The first-order valence-corrected chi connectivity index (χ1v) is 5.21. The molecule has 0 amide bonds. The molecular weight excluding hydrogens is 192 g/mol. The molecule has 0 heterocycles. The van der Waals surface area contributed by atoms with E-state index in [4.69, 9.17) is 0 Å². The SMILES string of the molecule is O=C1CCc2c(C#CCS)cccc21. The van der Waals surface area contributed by atoms with Gasteiger partial charge < -0.3 is 0 Å². The second kappa shape index (κ2) is 3.89. The molecule has 0 saturated carbocycles. The number of benzene rings is 1. The Bertz CT molecular complexity index is 437. The number of ketones is 1. The van der Waals surface area contributed by atoms with Gasteiger partial charge in [-0.3, -0.25) is 4.79 Å². The first-order chi connectivity index (χ1) is 6.83. The van der Waals surface area contributed by atoms with E-state index in [2.05, 4.69) is 24.5 Å². The van der Waals surface area contributed by atoms with E-state index in [0.29, 0.717) is 12.2 Å². The molecule has 1 aromatic rings. The van der Waals surface area contributed by atoms with Gasteiger partial charge in [0.15, 0.2) is 5.78 Å². The third kappa shape index (κ3) is 1.56. The van der Waals surface area contributed by atoms with Crippen molar-refractivity contribution in [3.63, 3.8) is 0 Å². The second-order valence-corrected chi connectivity index (χ2v) is 3.53. The van der Waals surface area contributed by atoms with Crippen molar-refractivity contribution < 1.29 is 4.79 Å². The zero-order valence-corrected chi connectivity index (χ0v) is 8.60. The van der Waals surface area contributed by atoms with Crippen LogP contribution in [0.2, 0.25) is 0 Å². The van der Waals surface area contributed by atoms with Gasteiger partial charge in [0.1, 0.15) is 0 Å². The molecule has 0 spiro atoms. The van der Waals surface area contributed by atoms with Gasteiger partial charge in [0.2, 0.25) is 0 Å². The monoisotopic (exact) mass is 202 g/mol. The molecule has 1 aromatic carbocycles. The summed E-state index contributed by atoms with van der Waals surface area (Å²) in [6.07, 6.45) is 1.47. The number of carbonyl (C=O) groups is 1. The highest BCUT2D eigenvalue weighted by Crippen LogP contribution is 2.24. The Morgan fingerprint density at radius 1 is 1.36 bits per heavy atom. The van der Waals surface area contributed by atoms with E-state index in [1.807, 2.05) is 18.2 Å². The summed E-state index contributed by atoms with van der Waals surface area (Å²) in [5.41, 5.74) is 2.96. The largest absolute Gasteiger partial charge is 0.294 e. The van der Waals surface area contributed by atoms with Crippen molar-refractivity contribution in [2.24, 2.45) is 0 Å². The van der Waals surface area contributed by atoms with Crippen molar-refractivity contribution in [1.29, 1.82) is 0 Å². The number of hydrogen-bond acceptors (Lipinski definition) is 2. The van der Waals surface area contributed by atoms with Gasteiger partial charge in [-0.2, -0.15) is 12.6 Å². The van der Waals surface area contributed by atoms with Crippen LogP contribution in [0.1, 0.15) is 27.9 Å². The molecule has 0 aliphatic heterocycles. The first-order valence-electron chi connectivity index (χ1n) is 4.58. The molecule has 1 aliphatic rings. The molecule has 0 radical (unpaired) electrons. The topological polar surface area (TPSA) is 17.1 Å². The molecule has 2 rings (SSSR count). The fraction of sp³-hybridized carbons (Fsp3) is 0.250. The molecule has 0 aromatic heterocycles. The number of hydrogen-bond donors (Lipinski definition) is 1. The highest BCUT2D eigenvalue weighted by atomic mass is 32.1. The lowest BCUT2D eigenvalue weighted by Gasteiger charge is -1.99. The van der Waals surface area contributed by atoms with Crippen molar-refractivity contribution in [3.8, 4) is 11.8 Å². The highest BCUT2D eigenvalue weighted by molar-refractivity contribution is 7.80. The molecule has 0 atom stereocenters. The van der Waals surface area contributed by atoms with Gasteiger partial charge in [0.25, 0.3) is 0 Å². The normalized spacial score (nSPS) is 13.4. The molecule has 0 bridgehead atoms. The van der Waals surface area contributed by atoms with Crippen LogP contribution in [0.4, 0.5) is 0 Å². The fourth-order valence-electron chi connectivity index (χ4n) is 1.74. The van der Waals surface area contributed by atoms with Crippen molar-refractivity contribution in [3.05, 3.63) is 34.9 Å². The quantitative estimate of drug-likeness (QED) is 0.503. The Balaban J connectivity index is 2.49. The third-order valence-corrected chi connectivity index (χ3v) is 2.54. The van der Waals surface area contributed by atoms with E-state index >= 15 is 0 Å². The lowest BCUT2D eigenvalue weighted by atomic mass is 10.0. The number of rotatable bonds is 0. The second-order valence-electron chi connectivity index (χ2n) is 3.21. The van der Waals surface area contributed by atoms with Crippen molar-refractivity contribution in [1.82, 2.24) is 0 Å². The minimum atomic E-state index is 0.245. The van der Waals surface area contributed by atoms with E-state index < -0.39 is 0 Å². The Morgan fingerprint density at radius 2 is 2.21 bits per heavy atom. The number of thiol groups is 1. The van der Waals surface area contributed by atoms with E-state index in [9.17, 15) is 4.79 Å². The molecule has 1 aliphatic carbocycles. The fourth-order valence-corrected chi connectivity index (χ4v) is 1.82. The van der Waals surface area contributed by atoms with E-state index in [1.54, 1.807) is 0 Å². The van der Waals surface area contributed by atoms with E-state index in [-0.39, 0.29) is 5.78 Å². The zero-order valence-electron chi connectivity index (χ0n) is 7.71. The van der Waals surface area contributed by atoms with Gasteiger partial charge >= 0.3 is 0 Å². The van der Waals surface area contributed by atoms with Crippen LogP contribution in [-0.2, 0) is 6.42 Å². The van der Waals surface area contributed by atoms with Crippen molar-refractivity contribution in [2.45, 2.75) is 12.8 Å². The zero-order chi connectivity index (χ0) is 9.97. The van der Waals surface area contributed by atoms with Crippen LogP contribution >= 0.6 is 12.6 Å².